The maximum Gasteiger partial charge on any atom is 0.252 e. The molecule has 0 unspecified atom stereocenters. The van der Waals surface area contributed by atoms with Crippen molar-refractivity contribution in [3.63, 3.8) is 0 Å². The molecule has 1 aromatic heterocycles. The Morgan fingerprint density at radius 1 is 1.44 bits per heavy atom. The van der Waals surface area contributed by atoms with Crippen molar-refractivity contribution in [3.8, 4) is 0 Å². The topological polar surface area (TPSA) is 42.0 Å². The molecule has 1 aromatic rings. The number of hydrogen-bond acceptors (Lipinski definition) is 2. The predicted molar refractivity (Wildman–Crippen MR) is 67.7 cm³/mol. The van der Waals surface area contributed by atoms with Crippen LogP contribution in [0.2, 0.25) is 0 Å². The monoisotopic (exact) mass is 250 g/mol. The highest BCUT2D eigenvalue weighted by molar-refractivity contribution is 5.93. The molecule has 18 heavy (non-hydrogen) atoms. The molecule has 1 aliphatic carbocycles. The number of halogens is 1. The summed E-state index contributed by atoms with van der Waals surface area (Å²) in [6.45, 7) is 2.89. The second-order valence-corrected chi connectivity index (χ2v) is 5.11. The maximum atomic E-state index is 12.7. The Morgan fingerprint density at radius 2 is 2.17 bits per heavy atom. The van der Waals surface area contributed by atoms with Crippen LogP contribution >= 0.6 is 0 Å². The summed E-state index contributed by atoms with van der Waals surface area (Å²) in [6, 6.07) is 2.67. The zero-order valence-corrected chi connectivity index (χ0v) is 10.7. The van der Waals surface area contributed by atoms with Crippen LogP contribution in [0.3, 0.4) is 0 Å². The Kier molecular flexibility index (Phi) is 3.94. The van der Waals surface area contributed by atoms with Crippen molar-refractivity contribution < 1.29 is 9.18 Å². The Hall–Kier alpha value is -1.45. The van der Waals surface area contributed by atoms with E-state index in [1.165, 1.54) is 44.0 Å². The summed E-state index contributed by atoms with van der Waals surface area (Å²) in [5, 5.41) is 2.95. The average Bonchev–Trinajstić information content (AvgIpc) is 2.86. The lowest BCUT2D eigenvalue weighted by molar-refractivity contribution is 0.0928. The quantitative estimate of drug-likeness (QED) is 0.835. The van der Waals surface area contributed by atoms with Gasteiger partial charge in [0.25, 0.3) is 5.91 Å². The number of pyridine rings is 1. The van der Waals surface area contributed by atoms with Gasteiger partial charge in [-0.2, -0.15) is 4.39 Å². The van der Waals surface area contributed by atoms with Gasteiger partial charge in [0.1, 0.15) is 0 Å². The minimum Gasteiger partial charge on any atom is -0.351 e. The third-order valence-electron chi connectivity index (χ3n) is 4.03. The van der Waals surface area contributed by atoms with Crippen molar-refractivity contribution in [2.75, 3.05) is 6.54 Å². The summed E-state index contributed by atoms with van der Waals surface area (Å²) in [6.07, 6.45) is 7.24. The Bertz CT molecular complexity index is 410. The normalized spacial score (nSPS) is 17.7. The molecule has 1 fully saturated rings. The second kappa shape index (κ2) is 5.46. The fourth-order valence-corrected chi connectivity index (χ4v) is 2.66. The van der Waals surface area contributed by atoms with E-state index < -0.39 is 5.95 Å². The van der Waals surface area contributed by atoms with Crippen LogP contribution in [0.1, 0.15) is 49.4 Å². The van der Waals surface area contributed by atoms with Gasteiger partial charge in [-0.1, -0.05) is 19.8 Å². The predicted octanol–water partition coefficient (Wildman–Crippen LogP) is 2.92. The molecule has 0 atom stereocenters. The van der Waals surface area contributed by atoms with E-state index in [1.54, 1.807) is 0 Å². The van der Waals surface area contributed by atoms with E-state index in [0.717, 1.165) is 6.42 Å². The van der Waals surface area contributed by atoms with Gasteiger partial charge in [0, 0.05) is 12.7 Å². The number of nitrogens with zero attached hydrogens (tertiary/aromatic N) is 1. The van der Waals surface area contributed by atoms with Crippen LogP contribution in [0.25, 0.3) is 0 Å². The molecule has 0 spiro atoms. The lowest BCUT2D eigenvalue weighted by atomic mass is 9.83. The Balaban J connectivity index is 1.93. The molecule has 1 heterocycles. The van der Waals surface area contributed by atoms with E-state index in [2.05, 4.69) is 17.2 Å². The first-order chi connectivity index (χ1) is 8.65. The van der Waals surface area contributed by atoms with Crippen LogP contribution in [0.5, 0.6) is 0 Å². The number of carbonyl (C=O) groups excluding carboxylic acids is 1. The van der Waals surface area contributed by atoms with Gasteiger partial charge in [-0.05, 0) is 36.8 Å². The third-order valence-corrected chi connectivity index (χ3v) is 4.03. The first-order valence-corrected chi connectivity index (χ1v) is 6.55. The van der Waals surface area contributed by atoms with Crippen molar-refractivity contribution >= 4 is 5.91 Å². The fourth-order valence-electron chi connectivity index (χ4n) is 2.66. The second-order valence-electron chi connectivity index (χ2n) is 5.11. The third kappa shape index (κ3) is 2.86. The first kappa shape index (κ1) is 13.0. The van der Waals surface area contributed by atoms with E-state index >= 15 is 0 Å². The molecule has 0 saturated heterocycles. The highest BCUT2D eigenvalue weighted by atomic mass is 19.1. The molecule has 4 heteroatoms. The van der Waals surface area contributed by atoms with E-state index in [0.29, 0.717) is 12.1 Å². The van der Waals surface area contributed by atoms with Gasteiger partial charge in [0.2, 0.25) is 5.95 Å². The zero-order valence-electron chi connectivity index (χ0n) is 10.7. The molecule has 0 aromatic carbocycles. The number of nitrogens with one attached hydrogen (secondary N) is 1. The molecular weight excluding hydrogens is 231 g/mol. The average molecular weight is 250 g/mol. The Morgan fingerprint density at radius 3 is 2.72 bits per heavy atom. The number of hydrogen-bond donors (Lipinski definition) is 1. The first-order valence-electron chi connectivity index (χ1n) is 6.55. The van der Waals surface area contributed by atoms with Gasteiger partial charge >= 0.3 is 0 Å². The van der Waals surface area contributed by atoms with Gasteiger partial charge in [0.15, 0.2) is 0 Å². The molecule has 0 radical (unpaired) electrons. The van der Waals surface area contributed by atoms with Crippen molar-refractivity contribution in [3.05, 3.63) is 29.8 Å². The van der Waals surface area contributed by atoms with E-state index in [1.807, 2.05) is 0 Å². The molecule has 2 rings (SSSR count). The summed E-state index contributed by atoms with van der Waals surface area (Å²) in [4.78, 5) is 15.4. The van der Waals surface area contributed by atoms with E-state index in [4.69, 9.17) is 0 Å². The van der Waals surface area contributed by atoms with Gasteiger partial charge in [-0.3, -0.25) is 4.79 Å². The van der Waals surface area contributed by atoms with Gasteiger partial charge in [-0.25, -0.2) is 4.98 Å². The van der Waals surface area contributed by atoms with Gasteiger partial charge in [-0.15, -0.1) is 0 Å². The molecule has 3 nitrogen and oxygen atoms in total. The van der Waals surface area contributed by atoms with Crippen molar-refractivity contribution in [2.45, 2.75) is 39.0 Å². The highest BCUT2D eigenvalue weighted by Gasteiger charge is 2.32. The van der Waals surface area contributed by atoms with Gasteiger partial charge in [0.05, 0.1) is 5.56 Å². The Labute approximate surface area is 107 Å². The molecule has 0 bridgehead atoms. The van der Waals surface area contributed by atoms with Crippen molar-refractivity contribution in [2.24, 2.45) is 5.41 Å². The fraction of sp³-hybridized carbons (Fsp3) is 0.571. The minimum atomic E-state index is -0.563. The summed E-state index contributed by atoms with van der Waals surface area (Å²) >= 11 is 0. The largest absolute Gasteiger partial charge is 0.351 e. The van der Waals surface area contributed by atoms with Crippen LogP contribution in [-0.4, -0.2) is 17.4 Å². The molecule has 0 aliphatic heterocycles. The maximum absolute atomic E-state index is 12.7. The molecule has 1 aliphatic rings. The standard InChI is InChI=1S/C14H19FN2O/c1-2-14(7-3-4-8-14)10-17-13(18)11-5-6-12(15)16-9-11/h5-6,9H,2-4,7-8,10H2,1H3,(H,17,18). The highest BCUT2D eigenvalue weighted by Crippen LogP contribution is 2.40. The summed E-state index contributed by atoms with van der Waals surface area (Å²) < 4.78 is 12.7. The molecular formula is C14H19FN2O. The number of amides is 1. The van der Waals surface area contributed by atoms with Crippen LogP contribution < -0.4 is 5.32 Å². The van der Waals surface area contributed by atoms with Crippen LogP contribution in [0, 0.1) is 11.4 Å². The number of rotatable bonds is 4. The summed E-state index contributed by atoms with van der Waals surface area (Å²) in [5.41, 5.74) is 0.684. The SMILES string of the molecule is CCC1(CNC(=O)c2ccc(F)nc2)CCCC1. The van der Waals surface area contributed by atoms with Crippen LogP contribution in [0.4, 0.5) is 4.39 Å². The smallest absolute Gasteiger partial charge is 0.252 e. The molecule has 1 amide bonds. The van der Waals surface area contributed by atoms with Crippen molar-refractivity contribution in [1.82, 2.24) is 10.3 Å². The van der Waals surface area contributed by atoms with Gasteiger partial charge < -0.3 is 5.32 Å². The van der Waals surface area contributed by atoms with Crippen LogP contribution in [-0.2, 0) is 0 Å². The summed E-state index contributed by atoms with van der Waals surface area (Å²) in [7, 11) is 0. The zero-order chi connectivity index (χ0) is 13.0. The lowest BCUT2D eigenvalue weighted by Crippen LogP contribution is -2.35. The molecule has 1 N–H and O–H groups in total. The van der Waals surface area contributed by atoms with Crippen LogP contribution in [0.15, 0.2) is 18.3 Å². The minimum absolute atomic E-state index is 0.165. The summed E-state index contributed by atoms with van der Waals surface area (Å²) in [5.74, 6) is -0.727. The van der Waals surface area contributed by atoms with E-state index in [9.17, 15) is 9.18 Å². The molecule has 98 valence electrons. The number of carbonyl (C=O) groups is 1. The van der Waals surface area contributed by atoms with Crippen molar-refractivity contribution in [1.29, 1.82) is 0 Å². The lowest BCUT2D eigenvalue weighted by Gasteiger charge is -2.27. The van der Waals surface area contributed by atoms with E-state index in [-0.39, 0.29) is 11.3 Å². The molecule has 1 saturated carbocycles. The number of aromatic nitrogens is 1.